The van der Waals surface area contributed by atoms with Crippen LogP contribution >= 0.6 is 0 Å². The Morgan fingerprint density at radius 2 is 1.90 bits per heavy atom. The van der Waals surface area contributed by atoms with Crippen LogP contribution in [0.3, 0.4) is 0 Å². The number of carbonyl (C=O) groups is 1. The molecule has 1 atom stereocenters. The van der Waals surface area contributed by atoms with Crippen molar-refractivity contribution in [2.45, 2.75) is 5.92 Å². The number of ether oxygens (including phenoxy) is 2. The Morgan fingerprint density at radius 1 is 1.24 bits per heavy atom. The third kappa shape index (κ3) is 2.24. The van der Waals surface area contributed by atoms with Crippen LogP contribution < -0.4 is 9.47 Å². The zero-order valence-electron chi connectivity index (χ0n) is 11.2. The highest BCUT2D eigenvalue weighted by atomic mass is 19.1. The summed E-state index contributed by atoms with van der Waals surface area (Å²) in [7, 11) is 1.30. The molecule has 3 nitrogen and oxygen atoms in total. The summed E-state index contributed by atoms with van der Waals surface area (Å²) < 4.78 is 38.2. The number of hydrogen-bond donors (Lipinski definition) is 0. The average Bonchev–Trinajstić information content (AvgIpc) is 2.90. The van der Waals surface area contributed by atoms with Crippen LogP contribution in [0, 0.1) is 11.6 Å². The van der Waals surface area contributed by atoms with Crippen molar-refractivity contribution in [3.05, 3.63) is 59.2 Å². The second-order valence-corrected chi connectivity index (χ2v) is 4.73. The SMILES string of the molecule is COc1cc(F)c(C(=O)C2COc3ccccc32)c(F)c1. The van der Waals surface area contributed by atoms with Crippen LogP contribution in [0.25, 0.3) is 0 Å². The quantitative estimate of drug-likeness (QED) is 0.813. The normalized spacial score (nSPS) is 16.2. The summed E-state index contributed by atoms with van der Waals surface area (Å²) in [6.07, 6.45) is 0. The Morgan fingerprint density at radius 3 is 2.57 bits per heavy atom. The minimum Gasteiger partial charge on any atom is -0.497 e. The first-order chi connectivity index (χ1) is 10.1. The van der Waals surface area contributed by atoms with Gasteiger partial charge in [0.15, 0.2) is 5.78 Å². The van der Waals surface area contributed by atoms with Crippen molar-refractivity contribution in [3.8, 4) is 11.5 Å². The Balaban J connectivity index is 2.01. The number of benzene rings is 2. The molecule has 3 rings (SSSR count). The second kappa shape index (κ2) is 5.16. The average molecular weight is 290 g/mol. The van der Waals surface area contributed by atoms with Crippen LogP contribution in [-0.2, 0) is 0 Å². The zero-order valence-corrected chi connectivity index (χ0v) is 11.2. The number of para-hydroxylation sites is 1. The first-order valence-corrected chi connectivity index (χ1v) is 6.40. The number of Topliss-reactive ketones (excluding diaryl/α,β-unsaturated/α-hetero) is 1. The number of hydrogen-bond acceptors (Lipinski definition) is 3. The molecule has 0 aromatic heterocycles. The molecule has 0 radical (unpaired) electrons. The molecule has 1 heterocycles. The maximum Gasteiger partial charge on any atom is 0.179 e. The molecule has 0 fully saturated rings. The summed E-state index contributed by atoms with van der Waals surface area (Å²) in [5.41, 5.74) is 0.0956. The lowest BCUT2D eigenvalue weighted by Crippen LogP contribution is -2.17. The van der Waals surface area contributed by atoms with Gasteiger partial charge in [0.1, 0.15) is 29.7 Å². The van der Waals surface area contributed by atoms with E-state index in [0.717, 1.165) is 12.1 Å². The van der Waals surface area contributed by atoms with Gasteiger partial charge in [-0.25, -0.2) is 8.78 Å². The molecule has 1 aliphatic rings. The van der Waals surface area contributed by atoms with Crippen molar-refractivity contribution in [1.29, 1.82) is 0 Å². The third-order valence-corrected chi connectivity index (χ3v) is 3.51. The van der Waals surface area contributed by atoms with E-state index in [1.54, 1.807) is 24.3 Å². The lowest BCUT2D eigenvalue weighted by molar-refractivity contribution is 0.0939. The summed E-state index contributed by atoms with van der Waals surface area (Å²) in [6, 6.07) is 8.98. The van der Waals surface area contributed by atoms with Gasteiger partial charge >= 0.3 is 0 Å². The summed E-state index contributed by atoms with van der Waals surface area (Å²) in [5, 5.41) is 0. The minimum atomic E-state index is -0.929. The Kier molecular flexibility index (Phi) is 3.33. The van der Waals surface area contributed by atoms with Gasteiger partial charge in [0.05, 0.1) is 18.6 Å². The molecule has 2 aromatic rings. The third-order valence-electron chi connectivity index (χ3n) is 3.51. The highest BCUT2D eigenvalue weighted by molar-refractivity contribution is 6.02. The van der Waals surface area contributed by atoms with Crippen molar-refractivity contribution < 1.29 is 23.0 Å². The Labute approximate surface area is 120 Å². The predicted molar refractivity (Wildman–Crippen MR) is 71.9 cm³/mol. The molecule has 0 aliphatic carbocycles. The lowest BCUT2D eigenvalue weighted by Gasteiger charge is -2.11. The van der Waals surface area contributed by atoms with Crippen LogP contribution in [0.1, 0.15) is 21.8 Å². The Bertz CT molecular complexity index is 689. The monoisotopic (exact) mass is 290 g/mol. The van der Waals surface area contributed by atoms with Crippen LogP contribution in [-0.4, -0.2) is 19.5 Å². The summed E-state index contributed by atoms with van der Waals surface area (Å²) >= 11 is 0. The van der Waals surface area contributed by atoms with Crippen molar-refractivity contribution in [1.82, 2.24) is 0 Å². The van der Waals surface area contributed by atoms with Gasteiger partial charge in [0.25, 0.3) is 0 Å². The fourth-order valence-corrected chi connectivity index (χ4v) is 2.46. The van der Waals surface area contributed by atoms with Gasteiger partial charge in [-0.2, -0.15) is 0 Å². The first kappa shape index (κ1) is 13.5. The van der Waals surface area contributed by atoms with Crippen molar-refractivity contribution >= 4 is 5.78 Å². The standard InChI is InChI=1S/C16H12F2O3/c1-20-9-6-12(17)15(13(18)7-9)16(19)11-8-21-14-5-3-2-4-10(11)14/h2-7,11H,8H2,1H3. The van der Waals surface area contributed by atoms with Crippen LogP contribution in [0.4, 0.5) is 8.78 Å². The number of carbonyl (C=O) groups excluding carboxylic acids is 1. The molecular formula is C16H12F2O3. The van der Waals surface area contributed by atoms with Crippen LogP contribution in [0.2, 0.25) is 0 Å². The maximum absolute atomic E-state index is 14.0. The van der Waals surface area contributed by atoms with Gasteiger partial charge < -0.3 is 9.47 Å². The minimum absolute atomic E-state index is 0.0321. The van der Waals surface area contributed by atoms with Crippen LogP contribution in [0.15, 0.2) is 36.4 Å². The van der Waals surface area contributed by atoms with Gasteiger partial charge in [-0.05, 0) is 6.07 Å². The van der Waals surface area contributed by atoms with E-state index in [9.17, 15) is 13.6 Å². The van der Waals surface area contributed by atoms with Crippen LogP contribution in [0.5, 0.6) is 11.5 Å². The van der Waals surface area contributed by atoms with Gasteiger partial charge in [-0.1, -0.05) is 18.2 Å². The molecule has 21 heavy (non-hydrogen) atoms. The van der Waals surface area contributed by atoms with Gasteiger partial charge in [0.2, 0.25) is 0 Å². The molecule has 0 spiro atoms. The molecule has 5 heteroatoms. The highest BCUT2D eigenvalue weighted by Crippen LogP contribution is 2.36. The van der Waals surface area contributed by atoms with E-state index in [0.29, 0.717) is 11.3 Å². The molecule has 0 bridgehead atoms. The molecule has 2 aromatic carbocycles. The van der Waals surface area contributed by atoms with E-state index in [4.69, 9.17) is 9.47 Å². The topological polar surface area (TPSA) is 35.5 Å². The zero-order chi connectivity index (χ0) is 15.0. The molecule has 1 aliphatic heterocycles. The summed E-state index contributed by atoms with van der Waals surface area (Å²) in [6.45, 7) is 0.0864. The van der Waals surface area contributed by atoms with Gasteiger partial charge in [0, 0.05) is 17.7 Å². The molecule has 108 valence electrons. The molecule has 0 N–H and O–H groups in total. The number of halogens is 2. The maximum atomic E-state index is 14.0. The van der Waals surface area contributed by atoms with Crippen molar-refractivity contribution in [3.63, 3.8) is 0 Å². The van der Waals surface area contributed by atoms with E-state index in [2.05, 4.69) is 0 Å². The number of fused-ring (bicyclic) bond motifs is 1. The molecule has 0 saturated carbocycles. The van der Waals surface area contributed by atoms with E-state index in [1.807, 2.05) is 0 Å². The fourth-order valence-electron chi connectivity index (χ4n) is 2.46. The number of rotatable bonds is 3. The molecule has 0 amide bonds. The molecule has 0 saturated heterocycles. The largest absolute Gasteiger partial charge is 0.497 e. The predicted octanol–water partition coefficient (Wildman–Crippen LogP) is 3.33. The Hall–Kier alpha value is -2.43. The lowest BCUT2D eigenvalue weighted by atomic mass is 9.92. The van der Waals surface area contributed by atoms with Gasteiger partial charge in [-0.3, -0.25) is 4.79 Å². The molecule has 1 unspecified atom stereocenters. The smallest absolute Gasteiger partial charge is 0.179 e. The first-order valence-electron chi connectivity index (χ1n) is 6.40. The van der Waals surface area contributed by atoms with E-state index in [1.165, 1.54) is 7.11 Å². The summed E-state index contributed by atoms with van der Waals surface area (Å²) in [4.78, 5) is 12.5. The van der Waals surface area contributed by atoms with Crippen molar-refractivity contribution in [2.75, 3.05) is 13.7 Å². The van der Waals surface area contributed by atoms with Gasteiger partial charge in [-0.15, -0.1) is 0 Å². The molecular weight excluding hydrogens is 278 g/mol. The highest BCUT2D eigenvalue weighted by Gasteiger charge is 2.33. The van der Waals surface area contributed by atoms with E-state index >= 15 is 0 Å². The van der Waals surface area contributed by atoms with Crippen molar-refractivity contribution in [2.24, 2.45) is 0 Å². The van der Waals surface area contributed by atoms with E-state index in [-0.39, 0.29) is 12.4 Å². The fraction of sp³-hybridized carbons (Fsp3) is 0.188. The van der Waals surface area contributed by atoms with E-state index < -0.39 is 28.9 Å². The number of methoxy groups -OCH3 is 1. The second-order valence-electron chi connectivity index (χ2n) is 4.73. The number of ketones is 1. The summed E-state index contributed by atoms with van der Waals surface area (Å²) in [5.74, 6) is -2.58.